The summed E-state index contributed by atoms with van der Waals surface area (Å²) >= 11 is 3.35. The van der Waals surface area contributed by atoms with Gasteiger partial charge in [0.1, 0.15) is 0 Å². The molecule has 0 aliphatic heterocycles. The third-order valence-corrected chi connectivity index (χ3v) is 1.88. The minimum Gasteiger partial charge on any atom is -0.328 e. The van der Waals surface area contributed by atoms with E-state index in [2.05, 4.69) is 26.1 Å². The minimum atomic E-state index is 0.178. The molecule has 0 saturated heterocycles. The van der Waals surface area contributed by atoms with Gasteiger partial charge in [0.25, 0.3) is 0 Å². The Morgan fingerprint density at radius 3 is 3.00 bits per heavy atom. The van der Waals surface area contributed by atoms with E-state index < -0.39 is 0 Å². The fourth-order valence-electron chi connectivity index (χ4n) is 0.763. The van der Waals surface area contributed by atoms with Crippen molar-refractivity contribution in [1.82, 2.24) is 10.2 Å². The number of halogens is 1. The molecule has 0 aromatic carbocycles. The average molecular weight is 204 g/mol. The molecule has 0 unspecified atom stereocenters. The number of H-pyrrole nitrogens is 1. The van der Waals surface area contributed by atoms with Gasteiger partial charge in [-0.2, -0.15) is 5.10 Å². The van der Waals surface area contributed by atoms with Crippen LogP contribution >= 0.6 is 15.9 Å². The molecule has 1 atom stereocenters. The predicted molar refractivity (Wildman–Crippen MR) is 43.6 cm³/mol. The van der Waals surface area contributed by atoms with Gasteiger partial charge in [-0.25, -0.2) is 0 Å². The van der Waals surface area contributed by atoms with Gasteiger partial charge in [0.05, 0.1) is 16.4 Å². The molecule has 0 spiro atoms. The summed E-state index contributed by atoms with van der Waals surface area (Å²) in [6.07, 6.45) is 2.57. The number of rotatable bonds is 2. The van der Waals surface area contributed by atoms with Crippen LogP contribution in [0.1, 0.15) is 12.6 Å². The topological polar surface area (TPSA) is 54.7 Å². The zero-order valence-electron chi connectivity index (χ0n) is 5.76. The molecule has 1 rings (SSSR count). The summed E-state index contributed by atoms with van der Waals surface area (Å²) in [7, 11) is 0. The van der Waals surface area contributed by atoms with E-state index in [0.29, 0.717) is 0 Å². The van der Waals surface area contributed by atoms with Crippen molar-refractivity contribution in [3.05, 3.63) is 16.4 Å². The first-order chi connectivity index (χ1) is 4.70. The lowest BCUT2D eigenvalue weighted by atomic mass is 10.2. The Hall–Kier alpha value is -0.350. The Labute approximate surface area is 68.1 Å². The third kappa shape index (κ3) is 1.82. The molecule has 3 N–H and O–H groups in total. The summed E-state index contributed by atoms with van der Waals surface area (Å²) in [6, 6.07) is 0.178. The third-order valence-electron chi connectivity index (χ3n) is 1.19. The quantitative estimate of drug-likeness (QED) is 0.756. The number of aromatic nitrogens is 2. The molecule has 0 aliphatic carbocycles. The first-order valence-corrected chi connectivity index (χ1v) is 3.92. The van der Waals surface area contributed by atoms with Crippen LogP contribution in [0.25, 0.3) is 0 Å². The highest BCUT2D eigenvalue weighted by Gasteiger charge is 2.03. The van der Waals surface area contributed by atoms with Crippen LogP contribution in [0.3, 0.4) is 0 Å². The number of hydrogen-bond donors (Lipinski definition) is 2. The Balaban J connectivity index is 2.65. The number of hydrogen-bond acceptors (Lipinski definition) is 2. The van der Waals surface area contributed by atoms with Crippen LogP contribution in [0.4, 0.5) is 0 Å². The highest BCUT2D eigenvalue weighted by molar-refractivity contribution is 9.10. The second-order valence-corrected chi connectivity index (χ2v) is 3.23. The van der Waals surface area contributed by atoms with Gasteiger partial charge in [0.2, 0.25) is 0 Å². The van der Waals surface area contributed by atoms with Crippen LogP contribution in [-0.2, 0) is 6.42 Å². The van der Waals surface area contributed by atoms with E-state index in [9.17, 15) is 0 Å². The van der Waals surface area contributed by atoms with E-state index in [1.165, 1.54) is 0 Å². The molecule has 0 saturated carbocycles. The highest BCUT2D eigenvalue weighted by Crippen LogP contribution is 2.13. The minimum absolute atomic E-state index is 0.178. The molecule has 0 bridgehead atoms. The van der Waals surface area contributed by atoms with Crippen LogP contribution in [0.2, 0.25) is 0 Å². The van der Waals surface area contributed by atoms with Gasteiger partial charge in [-0.1, -0.05) is 0 Å². The van der Waals surface area contributed by atoms with Gasteiger partial charge in [0.15, 0.2) is 0 Å². The van der Waals surface area contributed by atoms with Crippen LogP contribution in [0.5, 0.6) is 0 Å². The summed E-state index contributed by atoms with van der Waals surface area (Å²) in [6.45, 7) is 1.97. The van der Waals surface area contributed by atoms with E-state index in [0.717, 1.165) is 16.6 Å². The molecule has 1 heterocycles. The molecule has 0 fully saturated rings. The lowest BCUT2D eigenvalue weighted by Crippen LogP contribution is -2.18. The summed E-state index contributed by atoms with van der Waals surface area (Å²) in [5.74, 6) is 0. The summed E-state index contributed by atoms with van der Waals surface area (Å²) in [5, 5.41) is 6.71. The molecule has 4 heteroatoms. The van der Waals surface area contributed by atoms with Gasteiger partial charge in [-0.15, -0.1) is 0 Å². The maximum Gasteiger partial charge on any atom is 0.0632 e. The Morgan fingerprint density at radius 1 is 1.90 bits per heavy atom. The maximum atomic E-state index is 5.58. The van der Waals surface area contributed by atoms with Crippen LogP contribution in [0, 0.1) is 0 Å². The summed E-state index contributed by atoms with van der Waals surface area (Å²) in [4.78, 5) is 0. The molecule has 56 valence electrons. The zero-order valence-corrected chi connectivity index (χ0v) is 7.35. The number of aromatic amines is 1. The SMILES string of the molecule is C[C@H](N)Cc1[nH]ncc1Br. The maximum absolute atomic E-state index is 5.58. The van der Waals surface area contributed by atoms with Crippen LogP contribution in [0.15, 0.2) is 10.7 Å². The van der Waals surface area contributed by atoms with Crippen molar-refractivity contribution in [3.63, 3.8) is 0 Å². The Kier molecular flexibility index (Phi) is 2.45. The van der Waals surface area contributed by atoms with Crippen molar-refractivity contribution in [2.45, 2.75) is 19.4 Å². The van der Waals surface area contributed by atoms with Gasteiger partial charge in [0, 0.05) is 12.5 Å². The first kappa shape index (κ1) is 7.75. The fourth-order valence-corrected chi connectivity index (χ4v) is 1.12. The van der Waals surface area contributed by atoms with Crippen LogP contribution in [-0.4, -0.2) is 16.2 Å². The molecule has 1 aromatic heterocycles. The van der Waals surface area contributed by atoms with Crippen molar-refractivity contribution >= 4 is 15.9 Å². The predicted octanol–water partition coefficient (Wildman–Crippen LogP) is 1.06. The van der Waals surface area contributed by atoms with E-state index in [4.69, 9.17) is 5.73 Å². The lowest BCUT2D eigenvalue weighted by Gasteiger charge is -2.01. The van der Waals surface area contributed by atoms with E-state index in [-0.39, 0.29) is 6.04 Å². The van der Waals surface area contributed by atoms with Gasteiger partial charge in [-0.3, -0.25) is 5.10 Å². The zero-order chi connectivity index (χ0) is 7.56. The average Bonchev–Trinajstić information content (AvgIpc) is 2.15. The molecular weight excluding hydrogens is 194 g/mol. The van der Waals surface area contributed by atoms with E-state index in [1.807, 2.05) is 6.92 Å². The Bertz CT molecular complexity index is 207. The smallest absolute Gasteiger partial charge is 0.0632 e. The summed E-state index contributed by atoms with van der Waals surface area (Å²) < 4.78 is 1.00. The summed E-state index contributed by atoms with van der Waals surface area (Å²) in [5.41, 5.74) is 6.65. The van der Waals surface area contributed by atoms with Crippen molar-refractivity contribution < 1.29 is 0 Å². The highest BCUT2D eigenvalue weighted by atomic mass is 79.9. The van der Waals surface area contributed by atoms with E-state index in [1.54, 1.807) is 6.20 Å². The number of nitrogens with zero attached hydrogens (tertiary/aromatic N) is 1. The number of nitrogens with one attached hydrogen (secondary N) is 1. The molecular formula is C6H10BrN3. The number of nitrogens with two attached hydrogens (primary N) is 1. The fraction of sp³-hybridized carbons (Fsp3) is 0.500. The standard InChI is InChI=1S/C6H10BrN3/c1-4(8)2-6-5(7)3-9-10-6/h3-4H,2,8H2,1H3,(H,9,10)/t4-/m0/s1. The largest absolute Gasteiger partial charge is 0.328 e. The van der Waals surface area contributed by atoms with Crippen molar-refractivity contribution in [1.29, 1.82) is 0 Å². The lowest BCUT2D eigenvalue weighted by molar-refractivity contribution is 0.717. The molecule has 1 aromatic rings. The van der Waals surface area contributed by atoms with Crippen molar-refractivity contribution in [2.24, 2.45) is 5.73 Å². The molecule has 0 amide bonds. The molecule has 0 radical (unpaired) electrons. The molecule has 3 nitrogen and oxygen atoms in total. The van der Waals surface area contributed by atoms with Gasteiger partial charge < -0.3 is 5.73 Å². The second kappa shape index (κ2) is 3.16. The van der Waals surface area contributed by atoms with Gasteiger partial charge >= 0.3 is 0 Å². The normalized spacial score (nSPS) is 13.5. The van der Waals surface area contributed by atoms with Crippen LogP contribution < -0.4 is 5.73 Å². The van der Waals surface area contributed by atoms with Gasteiger partial charge in [-0.05, 0) is 22.9 Å². The monoisotopic (exact) mass is 203 g/mol. The van der Waals surface area contributed by atoms with Crippen molar-refractivity contribution in [2.75, 3.05) is 0 Å². The molecule has 0 aliphatic rings. The first-order valence-electron chi connectivity index (χ1n) is 3.13. The second-order valence-electron chi connectivity index (χ2n) is 2.38. The van der Waals surface area contributed by atoms with E-state index >= 15 is 0 Å². The molecule has 10 heavy (non-hydrogen) atoms. The van der Waals surface area contributed by atoms with Crippen molar-refractivity contribution in [3.8, 4) is 0 Å². The Morgan fingerprint density at radius 2 is 2.60 bits per heavy atom.